The Morgan fingerprint density at radius 3 is 1.85 bits per heavy atom. The Labute approximate surface area is 273 Å². The van der Waals surface area contributed by atoms with Gasteiger partial charge in [-0.25, -0.2) is 4.98 Å². The first-order chi connectivity index (χ1) is 22.4. The lowest BCUT2D eigenvalue weighted by atomic mass is 9.38. The molecule has 0 aliphatic heterocycles. The van der Waals surface area contributed by atoms with Crippen LogP contribution in [0.3, 0.4) is 0 Å². The number of unbranched alkanes of at least 4 members (excludes halogenated alkanes) is 3. The van der Waals surface area contributed by atoms with E-state index in [1.807, 2.05) is 73.2 Å². The van der Waals surface area contributed by atoms with Crippen LogP contribution >= 0.6 is 0 Å². The maximum atomic E-state index is 12.1. The Balaban J connectivity index is 0.000000212. The largest absolute Gasteiger partial charge is 0.409 e. The highest BCUT2D eigenvalue weighted by Crippen LogP contribution is 2.18. The van der Waals surface area contributed by atoms with Gasteiger partial charge in [-0.05, 0) is 55.4 Å². The van der Waals surface area contributed by atoms with Crippen LogP contribution in [0.2, 0.25) is 6.32 Å². The maximum absolute atomic E-state index is 12.1. The SMILES string of the molecule is CCCCCCc1ccc(-n2cncc2CCc2ccccc2)cc1.FC(F)(F)C=CCCB(c1ccccc1)c1ccccc1. The molecule has 5 rings (SSSR count). The first-order valence-corrected chi connectivity index (χ1v) is 16.4. The molecule has 0 saturated heterocycles. The summed E-state index contributed by atoms with van der Waals surface area (Å²) in [5, 5.41) is 0. The number of halogens is 3. The molecule has 0 radical (unpaired) electrons. The summed E-state index contributed by atoms with van der Waals surface area (Å²) in [7, 11) is 0. The molecule has 1 aromatic heterocycles. The lowest BCUT2D eigenvalue weighted by Crippen LogP contribution is -2.41. The van der Waals surface area contributed by atoms with Crippen molar-refractivity contribution in [2.75, 3.05) is 0 Å². The van der Waals surface area contributed by atoms with E-state index in [1.54, 1.807) is 0 Å². The zero-order valence-electron chi connectivity index (χ0n) is 26.7. The molecule has 0 aliphatic rings. The predicted octanol–water partition coefficient (Wildman–Crippen LogP) is 9.58. The Hall–Kier alpha value is -4.32. The minimum absolute atomic E-state index is 0.116. The van der Waals surface area contributed by atoms with Gasteiger partial charge in [0.1, 0.15) is 0 Å². The van der Waals surface area contributed by atoms with Crippen molar-refractivity contribution in [3.8, 4) is 5.69 Å². The van der Waals surface area contributed by atoms with Gasteiger partial charge in [0.2, 0.25) is 6.71 Å². The van der Waals surface area contributed by atoms with Gasteiger partial charge in [0.05, 0.1) is 6.33 Å². The summed E-state index contributed by atoms with van der Waals surface area (Å²) in [6.07, 6.45) is 10.8. The van der Waals surface area contributed by atoms with Crippen molar-refractivity contribution in [1.29, 1.82) is 0 Å². The first-order valence-electron chi connectivity index (χ1n) is 16.4. The zero-order valence-corrected chi connectivity index (χ0v) is 26.7. The number of rotatable bonds is 14. The highest BCUT2D eigenvalue weighted by Gasteiger charge is 2.22. The maximum Gasteiger partial charge on any atom is 0.409 e. The van der Waals surface area contributed by atoms with E-state index in [4.69, 9.17) is 0 Å². The predicted molar refractivity (Wildman–Crippen MR) is 188 cm³/mol. The fraction of sp³-hybridized carbons (Fsp3) is 0.275. The number of nitrogens with zero attached hydrogens (tertiary/aromatic N) is 2. The van der Waals surface area contributed by atoms with Crippen LogP contribution < -0.4 is 10.9 Å². The van der Waals surface area contributed by atoms with Gasteiger partial charge < -0.3 is 4.57 Å². The standard InChI is InChI=1S/C23H28N2.C17H16BF3/c1-2-3-4-6-11-21-12-15-22(16-13-21)25-19-24-18-23(25)17-14-20-9-7-5-8-10-20;19-17(20,21)13-7-8-14-18(15-9-3-1-4-10-15)16-11-5-2-6-12-16/h5,7-10,12-13,15-16,18-19H,2-4,6,11,14,17H2,1H3;1-7,9-13H,8,14H2. The van der Waals surface area contributed by atoms with Crippen molar-refractivity contribution >= 4 is 17.6 Å². The number of imidazole rings is 1. The van der Waals surface area contributed by atoms with Gasteiger partial charge in [0.25, 0.3) is 0 Å². The number of benzene rings is 4. The number of aryl methyl sites for hydroxylation is 3. The average molecular weight is 621 g/mol. The molecule has 0 aliphatic carbocycles. The fourth-order valence-electron chi connectivity index (χ4n) is 5.61. The molecule has 0 amide bonds. The van der Waals surface area contributed by atoms with Crippen molar-refractivity contribution in [2.45, 2.75) is 70.8 Å². The summed E-state index contributed by atoms with van der Waals surface area (Å²) in [6, 6.07) is 39.4. The number of aromatic nitrogens is 2. The molecule has 0 N–H and O–H groups in total. The van der Waals surface area contributed by atoms with Crippen LogP contribution in [0, 0.1) is 0 Å². The molecule has 46 heavy (non-hydrogen) atoms. The molecule has 0 atom stereocenters. The second-order valence-electron chi connectivity index (χ2n) is 11.6. The minimum atomic E-state index is -4.23. The van der Waals surface area contributed by atoms with Crippen LogP contribution in [0.4, 0.5) is 13.2 Å². The lowest BCUT2D eigenvalue weighted by molar-refractivity contribution is -0.0800. The third-order valence-corrected chi connectivity index (χ3v) is 8.09. The quantitative estimate of drug-likeness (QED) is 0.0687. The molecule has 238 valence electrons. The van der Waals surface area contributed by atoms with Gasteiger partial charge in [-0.2, -0.15) is 13.2 Å². The van der Waals surface area contributed by atoms with Crippen LogP contribution in [0.15, 0.2) is 140 Å². The van der Waals surface area contributed by atoms with E-state index >= 15 is 0 Å². The van der Waals surface area contributed by atoms with Crippen LogP contribution in [0.1, 0.15) is 55.8 Å². The van der Waals surface area contributed by atoms with E-state index in [2.05, 4.69) is 71.1 Å². The van der Waals surface area contributed by atoms with Gasteiger partial charge >= 0.3 is 6.18 Å². The van der Waals surface area contributed by atoms with Crippen LogP contribution in [-0.4, -0.2) is 22.4 Å². The third kappa shape index (κ3) is 11.9. The molecular weight excluding hydrogens is 576 g/mol. The van der Waals surface area contributed by atoms with Crippen molar-refractivity contribution in [3.63, 3.8) is 0 Å². The summed E-state index contributed by atoms with van der Waals surface area (Å²) in [6.45, 7) is 2.38. The van der Waals surface area contributed by atoms with E-state index in [0.29, 0.717) is 18.8 Å². The summed E-state index contributed by atoms with van der Waals surface area (Å²) in [5.74, 6) is 0. The lowest BCUT2D eigenvalue weighted by Gasteiger charge is -2.13. The molecule has 0 bridgehead atoms. The first kappa shape index (κ1) is 34.6. The van der Waals surface area contributed by atoms with E-state index in [9.17, 15) is 13.2 Å². The summed E-state index contributed by atoms with van der Waals surface area (Å²) < 4.78 is 38.6. The topological polar surface area (TPSA) is 17.8 Å². The average Bonchev–Trinajstić information content (AvgIpc) is 3.56. The van der Waals surface area contributed by atoms with Crippen LogP contribution in [-0.2, 0) is 19.3 Å². The number of hydrogen-bond acceptors (Lipinski definition) is 1. The monoisotopic (exact) mass is 620 g/mol. The molecule has 6 heteroatoms. The Kier molecular flexibility index (Phi) is 14.0. The minimum Gasteiger partial charge on any atom is -0.303 e. The van der Waals surface area contributed by atoms with E-state index in [0.717, 1.165) is 23.8 Å². The zero-order chi connectivity index (χ0) is 32.5. The van der Waals surface area contributed by atoms with E-state index in [-0.39, 0.29) is 6.71 Å². The van der Waals surface area contributed by atoms with E-state index in [1.165, 1.54) is 60.7 Å². The van der Waals surface area contributed by atoms with E-state index < -0.39 is 6.18 Å². The Morgan fingerprint density at radius 1 is 0.674 bits per heavy atom. The molecule has 4 aromatic carbocycles. The van der Waals surface area contributed by atoms with Gasteiger partial charge in [-0.3, -0.25) is 0 Å². The number of alkyl halides is 3. The summed E-state index contributed by atoms with van der Waals surface area (Å²) in [4.78, 5) is 4.37. The molecule has 0 spiro atoms. The van der Waals surface area contributed by atoms with Gasteiger partial charge in [-0.15, -0.1) is 0 Å². The highest BCUT2D eigenvalue weighted by molar-refractivity contribution is 6.85. The number of hydrogen-bond donors (Lipinski definition) is 0. The molecule has 0 saturated carbocycles. The molecule has 0 unspecified atom stereocenters. The van der Waals surface area contributed by atoms with Crippen molar-refractivity contribution in [3.05, 3.63) is 157 Å². The number of allylic oxidation sites excluding steroid dienone is 2. The second-order valence-corrected chi connectivity index (χ2v) is 11.6. The molecule has 1 heterocycles. The van der Waals surface area contributed by atoms with Crippen LogP contribution in [0.5, 0.6) is 0 Å². The normalized spacial score (nSPS) is 11.3. The highest BCUT2D eigenvalue weighted by atomic mass is 19.4. The van der Waals surface area contributed by atoms with Gasteiger partial charge in [-0.1, -0.05) is 153 Å². The molecule has 5 aromatic rings. The fourth-order valence-corrected chi connectivity index (χ4v) is 5.61. The summed E-state index contributed by atoms with van der Waals surface area (Å²) in [5.41, 5.74) is 7.54. The Bertz CT molecular complexity index is 1510. The van der Waals surface area contributed by atoms with Crippen molar-refractivity contribution in [2.24, 2.45) is 0 Å². The van der Waals surface area contributed by atoms with Crippen molar-refractivity contribution < 1.29 is 13.2 Å². The van der Waals surface area contributed by atoms with Gasteiger partial charge in [0, 0.05) is 23.7 Å². The summed E-state index contributed by atoms with van der Waals surface area (Å²) >= 11 is 0. The van der Waals surface area contributed by atoms with Crippen LogP contribution in [0.25, 0.3) is 5.69 Å². The smallest absolute Gasteiger partial charge is 0.303 e. The van der Waals surface area contributed by atoms with Crippen molar-refractivity contribution in [1.82, 2.24) is 9.55 Å². The Morgan fingerprint density at radius 2 is 1.26 bits per heavy atom. The molecular formula is C40H44BF3N2. The second kappa shape index (κ2) is 18.6. The molecule has 2 nitrogen and oxygen atoms in total. The third-order valence-electron chi connectivity index (χ3n) is 8.09. The van der Waals surface area contributed by atoms with Gasteiger partial charge in [0.15, 0.2) is 0 Å². The molecule has 0 fully saturated rings.